The highest BCUT2D eigenvalue weighted by atomic mass is 32.1. The minimum Gasteiger partial charge on any atom is -0.385 e. The zero-order valence-electron chi connectivity index (χ0n) is 17.4. The number of rotatable bonds is 5. The number of nitrogens with zero attached hydrogens (tertiary/aromatic N) is 1. The summed E-state index contributed by atoms with van der Waals surface area (Å²) in [4.78, 5) is 18.3. The SMILES string of the molecule is CC(C)(O)c1sc(-c2cccnc2)cc1-c1ccc(NC(=O)c2c(F)cccc2F)cc1. The molecule has 0 fully saturated rings. The van der Waals surface area contributed by atoms with Gasteiger partial charge in [0, 0.05) is 33.4 Å². The Balaban J connectivity index is 1.64. The van der Waals surface area contributed by atoms with Crippen molar-refractivity contribution in [1.29, 1.82) is 0 Å². The van der Waals surface area contributed by atoms with Gasteiger partial charge in [-0.25, -0.2) is 8.78 Å². The summed E-state index contributed by atoms with van der Waals surface area (Å²) in [5.41, 5.74) is 1.36. The zero-order valence-corrected chi connectivity index (χ0v) is 18.2. The number of aliphatic hydroxyl groups is 1. The molecule has 0 aliphatic rings. The first-order chi connectivity index (χ1) is 15.2. The lowest BCUT2D eigenvalue weighted by Crippen LogP contribution is -2.16. The van der Waals surface area contributed by atoms with Gasteiger partial charge in [0.2, 0.25) is 0 Å². The molecule has 0 aliphatic heterocycles. The Morgan fingerprint density at radius 3 is 2.28 bits per heavy atom. The van der Waals surface area contributed by atoms with Gasteiger partial charge in [0.05, 0.1) is 5.60 Å². The maximum absolute atomic E-state index is 13.9. The molecule has 0 atom stereocenters. The maximum atomic E-state index is 13.9. The van der Waals surface area contributed by atoms with E-state index in [1.807, 2.05) is 18.2 Å². The number of nitrogens with one attached hydrogen (secondary N) is 1. The molecule has 4 rings (SSSR count). The average Bonchev–Trinajstić information content (AvgIpc) is 3.21. The van der Waals surface area contributed by atoms with Crippen molar-refractivity contribution in [2.75, 3.05) is 5.32 Å². The van der Waals surface area contributed by atoms with Crippen LogP contribution in [0.5, 0.6) is 0 Å². The van der Waals surface area contributed by atoms with Gasteiger partial charge in [-0.2, -0.15) is 0 Å². The van der Waals surface area contributed by atoms with Crippen LogP contribution in [0.4, 0.5) is 14.5 Å². The number of amides is 1. The van der Waals surface area contributed by atoms with Crippen LogP contribution in [0.15, 0.2) is 73.1 Å². The minimum atomic E-state index is -1.06. The molecular formula is C25H20F2N2O2S. The average molecular weight is 451 g/mol. The van der Waals surface area contributed by atoms with E-state index in [4.69, 9.17) is 0 Å². The van der Waals surface area contributed by atoms with E-state index in [0.717, 1.165) is 38.6 Å². The largest absolute Gasteiger partial charge is 0.385 e. The molecular weight excluding hydrogens is 430 g/mol. The van der Waals surface area contributed by atoms with Crippen LogP contribution in [-0.2, 0) is 5.60 Å². The molecule has 7 heteroatoms. The highest BCUT2D eigenvalue weighted by Gasteiger charge is 2.25. The summed E-state index contributed by atoms with van der Waals surface area (Å²) in [5.74, 6) is -2.70. The summed E-state index contributed by atoms with van der Waals surface area (Å²) in [6.45, 7) is 3.46. The van der Waals surface area contributed by atoms with Gasteiger partial charge in [0.15, 0.2) is 0 Å². The Morgan fingerprint density at radius 2 is 1.69 bits per heavy atom. The maximum Gasteiger partial charge on any atom is 0.261 e. The third kappa shape index (κ3) is 4.44. The van der Waals surface area contributed by atoms with Gasteiger partial charge in [-0.15, -0.1) is 11.3 Å². The first-order valence-corrected chi connectivity index (χ1v) is 10.7. The smallest absolute Gasteiger partial charge is 0.261 e. The number of aromatic nitrogens is 1. The molecule has 4 aromatic rings. The van der Waals surface area contributed by atoms with E-state index < -0.39 is 28.7 Å². The van der Waals surface area contributed by atoms with Crippen LogP contribution in [0.2, 0.25) is 0 Å². The van der Waals surface area contributed by atoms with Crippen molar-refractivity contribution in [2.45, 2.75) is 19.4 Å². The van der Waals surface area contributed by atoms with Crippen molar-refractivity contribution in [3.05, 3.63) is 95.1 Å². The van der Waals surface area contributed by atoms with Crippen LogP contribution >= 0.6 is 11.3 Å². The van der Waals surface area contributed by atoms with Gasteiger partial charge >= 0.3 is 0 Å². The van der Waals surface area contributed by atoms with Crippen molar-refractivity contribution < 1.29 is 18.7 Å². The van der Waals surface area contributed by atoms with E-state index in [9.17, 15) is 18.7 Å². The molecule has 1 amide bonds. The number of benzene rings is 2. The van der Waals surface area contributed by atoms with E-state index >= 15 is 0 Å². The predicted octanol–water partition coefficient (Wildman–Crippen LogP) is 6.24. The number of thiophene rings is 1. The summed E-state index contributed by atoms with van der Waals surface area (Å²) in [6.07, 6.45) is 3.47. The van der Waals surface area contributed by atoms with E-state index in [1.165, 1.54) is 17.4 Å². The van der Waals surface area contributed by atoms with Crippen LogP contribution in [0.3, 0.4) is 0 Å². The Morgan fingerprint density at radius 1 is 1.00 bits per heavy atom. The Kier molecular flexibility index (Phi) is 5.86. The summed E-state index contributed by atoms with van der Waals surface area (Å²) in [5, 5.41) is 13.2. The number of anilines is 1. The van der Waals surface area contributed by atoms with Gasteiger partial charge in [-0.1, -0.05) is 24.3 Å². The highest BCUT2D eigenvalue weighted by molar-refractivity contribution is 7.16. The molecule has 162 valence electrons. The minimum absolute atomic E-state index is 0.397. The molecule has 2 aromatic carbocycles. The fourth-order valence-electron chi connectivity index (χ4n) is 3.35. The summed E-state index contributed by atoms with van der Waals surface area (Å²) in [7, 11) is 0. The number of carbonyl (C=O) groups excluding carboxylic acids is 1. The Labute approximate surface area is 188 Å². The number of carbonyl (C=O) groups is 1. The molecule has 0 spiro atoms. The van der Waals surface area contributed by atoms with E-state index in [1.54, 1.807) is 50.5 Å². The lowest BCUT2D eigenvalue weighted by atomic mass is 9.97. The molecule has 0 aliphatic carbocycles. The first-order valence-electron chi connectivity index (χ1n) is 9.87. The zero-order chi connectivity index (χ0) is 22.9. The first kappa shape index (κ1) is 21.8. The molecule has 0 unspecified atom stereocenters. The van der Waals surface area contributed by atoms with Gasteiger partial charge in [0.25, 0.3) is 5.91 Å². The second kappa shape index (κ2) is 8.61. The van der Waals surface area contributed by atoms with Crippen LogP contribution in [-0.4, -0.2) is 16.0 Å². The molecule has 32 heavy (non-hydrogen) atoms. The molecule has 2 heterocycles. The second-order valence-electron chi connectivity index (χ2n) is 7.78. The summed E-state index contributed by atoms with van der Waals surface area (Å²) < 4.78 is 27.7. The lowest BCUT2D eigenvalue weighted by Gasteiger charge is -2.18. The van der Waals surface area contributed by atoms with E-state index in [2.05, 4.69) is 10.3 Å². The highest BCUT2D eigenvalue weighted by Crippen LogP contribution is 2.42. The van der Waals surface area contributed by atoms with Crippen LogP contribution in [0, 0.1) is 11.6 Å². The van der Waals surface area contributed by atoms with Gasteiger partial charge in [-0.05, 0) is 61.4 Å². The topological polar surface area (TPSA) is 62.2 Å². The van der Waals surface area contributed by atoms with Crippen molar-refractivity contribution in [3.63, 3.8) is 0 Å². The summed E-state index contributed by atoms with van der Waals surface area (Å²) >= 11 is 1.49. The van der Waals surface area contributed by atoms with Crippen molar-refractivity contribution >= 4 is 22.9 Å². The van der Waals surface area contributed by atoms with Crippen molar-refractivity contribution in [3.8, 4) is 21.6 Å². The normalized spacial score (nSPS) is 11.4. The van der Waals surface area contributed by atoms with E-state index in [-0.39, 0.29) is 0 Å². The predicted molar refractivity (Wildman–Crippen MR) is 123 cm³/mol. The number of hydrogen-bond acceptors (Lipinski definition) is 4. The van der Waals surface area contributed by atoms with Crippen molar-refractivity contribution in [2.24, 2.45) is 0 Å². The number of hydrogen-bond donors (Lipinski definition) is 2. The molecule has 0 bridgehead atoms. The fraction of sp³-hybridized carbons (Fsp3) is 0.120. The van der Waals surface area contributed by atoms with Crippen LogP contribution < -0.4 is 5.32 Å². The Bertz CT molecular complexity index is 1240. The fourth-order valence-corrected chi connectivity index (χ4v) is 4.52. The molecule has 2 N–H and O–H groups in total. The standard InChI is InChI=1S/C25H20F2N2O2S/c1-25(2,31)23-18(13-21(32-23)16-5-4-12-28-14-16)15-8-10-17(11-9-15)29-24(30)22-19(26)6-3-7-20(22)27/h3-14,31H,1-2H3,(H,29,30). The lowest BCUT2D eigenvalue weighted by molar-refractivity contribution is 0.0831. The Hall–Kier alpha value is -3.42. The molecule has 4 nitrogen and oxygen atoms in total. The van der Waals surface area contributed by atoms with E-state index in [0.29, 0.717) is 5.69 Å². The molecule has 0 saturated carbocycles. The quantitative estimate of drug-likeness (QED) is 0.379. The van der Waals surface area contributed by atoms with Gasteiger partial charge < -0.3 is 10.4 Å². The molecule has 0 saturated heterocycles. The monoisotopic (exact) mass is 450 g/mol. The number of pyridine rings is 1. The summed E-state index contributed by atoms with van der Waals surface area (Å²) in [6, 6.07) is 16.0. The second-order valence-corrected chi connectivity index (χ2v) is 8.83. The van der Waals surface area contributed by atoms with Crippen LogP contribution in [0.1, 0.15) is 29.1 Å². The third-order valence-corrected chi connectivity index (χ3v) is 6.37. The number of halogens is 2. The third-order valence-electron chi connectivity index (χ3n) is 4.88. The van der Waals surface area contributed by atoms with Gasteiger partial charge in [-0.3, -0.25) is 9.78 Å². The molecule has 0 radical (unpaired) electrons. The van der Waals surface area contributed by atoms with Crippen molar-refractivity contribution in [1.82, 2.24) is 4.98 Å². The molecule has 2 aromatic heterocycles. The van der Waals surface area contributed by atoms with Gasteiger partial charge in [0.1, 0.15) is 17.2 Å². The van der Waals surface area contributed by atoms with Crippen LogP contribution in [0.25, 0.3) is 21.6 Å².